The second-order valence-electron chi connectivity index (χ2n) is 5.93. The average molecular weight is 352 g/mol. The lowest BCUT2D eigenvalue weighted by molar-refractivity contribution is 0.266. The molecule has 1 aliphatic rings. The lowest BCUT2D eigenvalue weighted by Crippen LogP contribution is -2.54. The van der Waals surface area contributed by atoms with Gasteiger partial charge in [0.25, 0.3) is 0 Å². The van der Waals surface area contributed by atoms with Crippen LogP contribution in [0, 0.1) is 0 Å². The standard InChI is InChI=1S/C19H20N4OS/c1-2-5-15(6-3-1)18-14-25-19(22-18)23-10-9-21-11-16(23)13-24-17-7-4-8-20-12-17/h1-8,12,14,16,21H,9-11,13H2. The molecule has 5 nitrogen and oxygen atoms in total. The van der Waals surface area contributed by atoms with E-state index < -0.39 is 0 Å². The molecule has 1 fully saturated rings. The molecule has 25 heavy (non-hydrogen) atoms. The number of ether oxygens (including phenoxy) is 1. The van der Waals surface area contributed by atoms with Crippen LogP contribution in [0.4, 0.5) is 5.13 Å². The van der Waals surface area contributed by atoms with Gasteiger partial charge in [0.15, 0.2) is 5.13 Å². The van der Waals surface area contributed by atoms with Crippen molar-refractivity contribution in [2.45, 2.75) is 6.04 Å². The van der Waals surface area contributed by atoms with E-state index >= 15 is 0 Å². The Bertz CT molecular complexity index is 793. The molecule has 0 bridgehead atoms. The number of nitrogens with one attached hydrogen (secondary N) is 1. The van der Waals surface area contributed by atoms with Gasteiger partial charge in [-0.05, 0) is 12.1 Å². The first kappa shape index (κ1) is 16.1. The molecular formula is C19H20N4OS. The van der Waals surface area contributed by atoms with Crippen LogP contribution in [0.2, 0.25) is 0 Å². The minimum atomic E-state index is 0.253. The third kappa shape index (κ3) is 3.81. The molecule has 1 aliphatic heterocycles. The minimum absolute atomic E-state index is 0.253. The van der Waals surface area contributed by atoms with Gasteiger partial charge in [0.1, 0.15) is 12.4 Å². The van der Waals surface area contributed by atoms with Gasteiger partial charge in [-0.3, -0.25) is 4.98 Å². The fourth-order valence-corrected chi connectivity index (χ4v) is 3.86. The number of aromatic nitrogens is 2. The Morgan fingerprint density at radius 3 is 2.96 bits per heavy atom. The van der Waals surface area contributed by atoms with E-state index in [1.807, 2.05) is 30.3 Å². The van der Waals surface area contributed by atoms with Crippen LogP contribution in [0.15, 0.2) is 60.2 Å². The van der Waals surface area contributed by atoms with Crippen LogP contribution in [0.3, 0.4) is 0 Å². The predicted molar refractivity (Wildman–Crippen MR) is 101 cm³/mol. The van der Waals surface area contributed by atoms with Gasteiger partial charge in [0, 0.05) is 36.8 Å². The quantitative estimate of drug-likeness (QED) is 0.765. The lowest BCUT2D eigenvalue weighted by Gasteiger charge is -2.35. The van der Waals surface area contributed by atoms with Crippen LogP contribution < -0.4 is 15.0 Å². The summed E-state index contributed by atoms with van der Waals surface area (Å²) in [7, 11) is 0. The molecule has 1 atom stereocenters. The van der Waals surface area contributed by atoms with Crippen molar-refractivity contribution in [3.05, 3.63) is 60.2 Å². The Hall–Kier alpha value is -2.44. The second kappa shape index (κ2) is 7.63. The molecule has 1 N–H and O–H groups in total. The molecule has 6 heteroatoms. The monoisotopic (exact) mass is 352 g/mol. The van der Waals surface area contributed by atoms with Crippen molar-refractivity contribution in [3.8, 4) is 17.0 Å². The number of hydrogen-bond acceptors (Lipinski definition) is 6. The van der Waals surface area contributed by atoms with Gasteiger partial charge in [-0.25, -0.2) is 4.98 Å². The predicted octanol–water partition coefficient (Wildman–Crippen LogP) is 3.06. The first-order chi connectivity index (χ1) is 12.4. The van der Waals surface area contributed by atoms with Crippen LogP contribution >= 0.6 is 11.3 Å². The third-order valence-corrected chi connectivity index (χ3v) is 5.11. The average Bonchev–Trinajstić information content (AvgIpc) is 3.18. The summed E-state index contributed by atoms with van der Waals surface area (Å²) in [5, 5.41) is 6.64. The summed E-state index contributed by atoms with van der Waals surface area (Å²) < 4.78 is 5.92. The molecule has 3 heterocycles. The molecule has 1 saturated heterocycles. The highest BCUT2D eigenvalue weighted by molar-refractivity contribution is 7.14. The summed E-state index contributed by atoms with van der Waals surface area (Å²) in [6.45, 7) is 3.39. The molecule has 0 amide bonds. The summed E-state index contributed by atoms with van der Waals surface area (Å²) in [4.78, 5) is 11.3. The topological polar surface area (TPSA) is 50.3 Å². The number of anilines is 1. The molecule has 0 spiro atoms. The summed E-state index contributed by atoms with van der Waals surface area (Å²) in [5.74, 6) is 0.803. The fourth-order valence-electron chi connectivity index (χ4n) is 2.92. The number of benzene rings is 1. The van der Waals surface area contributed by atoms with Crippen molar-refractivity contribution in [2.24, 2.45) is 0 Å². The molecule has 0 saturated carbocycles. The highest BCUT2D eigenvalue weighted by atomic mass is 32.1. The highest BCUT2D eigenvalue weighted by Gasteiger charge is 2.25. The van der Waals surface area contributed by atoms with E-state index in [0.29, 0.717) is 6.61 Å². The molecule has 0 aliphatic carbocycles. The number of pyridine rings is 1. The van der Waals surface area contributed by atoms with Gasteiger partial charge in [-0.2, -0.15) is 0 Å². The van der Waals surface area contributed by atoms with Gasteiger partial charge in [0.2, 0.25) is 0 Å². The molecule has 4 rings (SSSR count). The Kier molecular flexibility index (Phi) is 4.90. The van der Waals surface area contributed by atoms with Crippen molar-refractivity contribution in [1.29, 1.82) is 0 Å². The number of thiazole rings is 1. The zero-order valence-corrected chi connectivity index (χ0v) is 14.7. The maximum atomic E-state index is 5.92. The van der Waals surface area contributed by atoms with Crippen molar-refractivity contribution in [1.82, 2.24) is 15.3 Å². The SMILES string of the molecule is c1ccc(-c2csc(N3CCNCC3COc3cccnc3)n2)cc1. The summed E-state index contributed by atoms with van der Waals surface area (Å²) in [6.07, 6.45) is 3.50. The van der Waals surface area contributed by atoms with Crippen molar-refractivity contribution < 1.29 is 4.74 Å². The zero-order valence-electron chi connectivity index (χ0n) is 13.8. The maximum absolute atomic E-state index is 5.92. The molecule has 0 radical (unpaired) electrons. The Morgan fingerprint density at radius 2 is 2.12 bits per heavy atom. The summed E-state index contributed by atoms with van der Waals surface area (Å²) >= 11 is 1.70. The van der Waals surface area contributed by atoms with Gasteiger partial charge in [0.05, 0.1) is 17.9 Å². The Balaban J connectivity index is 1.48. The molecule has 1 unspecified atom stereocenters. The number of piperazine rings is 1. The highest BCUT2D eigenvalue weighted by Crippen LogP contribution is 2.29. The van der Waals surface area contributed by atoms with Crippen LogP contribution in [0.5, 0.6) is 5.75 Å². The van der Waals surface area contributed by atoms with E-state index in [1.165, 1.54) is 0 Å². The molecule has 3 aromatic rings. The summed E-state index contributed by atoms with van der Waals surface area (Å²) in [6, 6.07) is 14.4. The minimum Gasteiger partial charge on any atom is -0.490 e. The smallest absolute Gasteiger partial charge is 0.186 e. The first-order valence-electron chi connectivity index (χ1n) is 8.41. The van der Waals surface area contributed by atoms with E-state index in [2.05, 4.69) is 32.7 Å². The normalized spacial score (nSPS) is 17.4. The second-order valence-corrected chi connectivity index (χ2v) is 6.77. The van der Waals surface area contributed by atoms with Crippen molar-refractivity contribution in [2.75, 3.05) is 31.1 Å². The van der Waals surface area contributed by atoms with E-state index in [4.69, 9.17) is 9.72 Å². The first-order valence-corrected chi connectivity index (χ1v) is 9.29. The van der Waals surface area contributed by atoms with Crippen molar-refractivity contribution in [3.63, 3.8) is 0 Å². The molecule has 1 aromatic carbocycles. The van der Waals surface area contributed by atoms with E-state index in [9.17, 15) is 0 Å². The number of hydrogen-bond donors (Lipinski definition) is 1. The fraction of sp³-hybridized carbons (Fsp3) is 0.263. The van der Waals surface area contributed by atoms with E-state index in [1.54, 1.807) is 23.7 Å². The van der Waals surface area contributed by atoms with E-state index in [-0.39, 0.29) is 6.04 Å². The molecular weight excluding hydrogens is 332 g/mol. The van der Waals surface area contributed by atoms with Crippen molar-refractivity contribution >= 4 is 16.5 Å². The number of nitrogens with zero attached hydrogens (tertiary/aromatic N) is 3. The molecule has 2 aromatic heterocycles. The van der Waals surface area contributed by atoms with Gasteiger partial charge in [-0.15, -0.1) is 11.3 Å². The Labute approximate surface area is 151 Å². The summed E-state index contributed by atoms with van der Waals surface area (Å²) in [5.41, 5.74) is 2.19. The number of rotatable bonds is 5. The largest absolute Gasteiger partial charge is 0.490 e. The van der Waals surface area contributed by atoms with Gasteiger partial charge in [-0.1, -0.05) is 30.3 Å². The van der Waals surface area contributed by atoms with Crippen LogP contribution in [0.25, 0.3) is 11.3 Å². The third-order valence-electron chi connectivity index (χ3n) is 4.23. The van der Waals surface area contributed by atoms with Gasteiger partial charge >= 0.3 is 0 Å². The van der Waals surface area contributed by atoms with Crippen LogP contribution in [-0.4, -0.2) is 42.3 Å². The van der Waals surface area contributed by atoms with Crippen LogP contribution in [-0.2, 0) is 0 Å². The molecule has 128 valence electrons. The van der Waals surface area contributed by atoms with Gasteiger partial charge < -0.3 is 15.0 Å². The maximum Gasteiger partial charge on any atom is 0.186 e. The lowest BCUT2D eigenvalue weighted by atomic mass is 10.2. The zero-order chi connectivity index (χ0) is 16.9. The van der Waals surface area contributed by atoms with Crippen LogP contribution in [0.1, 0.15) is 0 Å². The Morgan fingerprint density at radius 1 is 1.20 bits per heavy atom. The van der Waals surface area contributed by atoms with E-state index in [0.717, 1.165) is 41.8 Å².